The second kappa shape index (κ2) is 5.01. The predicted octanol–water partition coefficient (Wildman–Crippen LogP) is 3.09. The molecule has 0 atom stereocenters. The number of rotatable bonds is 6. The van der Waals surface area contributed by atoms with Crippen molar-refractivity contribution in [2.24, 2.45) is 5.41 Å². The Balaban J connectivity index is 2.15. The van der Waals surface area contributed by atoms with Gasteiger partial charge in [0.05, 0.1) is 5.41 Å². The minimum atomic E-state index is -0.665. The third kappa shape index (κ3) is 2.35. The van der Waals surface area contributed by atoms with Gasteiger partial charge >= 0.3 is 5.97 Å². The highest BCUT2D eigenvalue weighted by Gasteiger charge is 2.50. The lowest BCUT2D eigenvalue weighted by atomic mass is 10.0. The second-order valence-corrected chi connectivity index (χ2v) is 5.10. The fourth-order valence-electron chi connectivity index (χ4n) is 2.34. The van der Waals surface area contributed by atoms with Crippen molar-refractivity contribution in [3.8, 4) is 0 Å². The molecule has 1 aromatic carbocycles. The van der Waals surface area contributed by atoms with Gasteiger partial charge in [-0.05, 0) is 36.8 Å². The zero-order chi connectivity index (χ0) is 13.2. The molecule has 0 bridgehead atoms. The number of carboxylic acids is 1. The van der Waals surface area contributed by atoms with E-state index in [4.69, 9.17) is 0 Å². The van der Waals surface area contributed by atoms with Crippen LogP contribution in [-0.4, -0.2) is 17.6 Å². The molecular weight excluding hydrogens is 226 g/mol. The van der Waals surface area contributed by atoms with Gasteiger partial charge in [-0.2, -0.15) is 0 Å². The summed E-state index contributed by atoms with van der Waals surface area (Å²) in [6.07, 6.45) is 3.53. The molecule has 1 fully saturated rings. The van der Waals surface area contributed by atoms with Gasteiger partial charge in [-0.3, -0.25) is 4.79 Å². The Morgan fingerprint density at radius 1 is 1.28 bits per heavy atom. The van der Waals surface area contributed by atoms with Crippen LogP contribution in [0.5, 0.6) is 0 Å². The Hall–Kier alpha value is -1.51. The number of nitrogens with one attached hydrogen (secondary N) is 1. The molecule has 0 unspecified atom stereocenters. The van der Waals surface area contributed by atoms with Crippen LogP contribution in [0.1, 0.15) is 37.8 Å². The first kappa shape index (κ1) is 12.9. The Labute approximate surface area is 108 Å². The third-order valence-electron chi connectivity index (χ3n) is 3.91. The molecular formula is C15H21NO2. The van der Waals surface area contributed by atoms with Crippen LogP contribution in [0.4, 0.5) is 5.69 Å². The highest BCUT2D eigenvalue weighted by atomic mass is 16.4. The molecule has 0 radical (unpaired) electrons. The maximum absolute atomic E-state index is 11.2. The van der Waals surface area contributed by atoms with E-state index in [1.807, 2.05) is 0 Å². The van der Waals surface area contributed by atoms with Gasteiger partial charge in [-0.25, -0.2) is 0 Å². The van der Waals surface area contributed by atoms with Crippen LogP contribution in [0.15, 0.2) is 18.2 Å². The summed E-state index contributed by atoms with van der Waals surface area (Å²) in [5.41, 5.74) is 3.19. The highest BCUT2D eigenvalue weighted by molar-refractivity contribution is 5.78. The van der Waals surface area contributed by atoms with Crippen molar-refractivity contribution >= 4 is 11.7 Å². The topological polar surface area (TPSA) is 49.3 Å². The van der Waals surface area contributed by atoms with E-state index in [0.29, 0.717) is 6.54 Å². The summed E-state index contributed by atoms with van der Waals surface area (Å²) in [4.78, 5) is 11.2. The fraction of sp³-hybridized carbons (Fsp3) is 0.533. The number of benzene rings is 1. The molecule has 0 heterocycles. The second-order valence-electron chi connectivity index (χ2n) is 5.10. The van der Waals surface area contributed by atoms with Gasteiger partial charge in [0.25, 0.3) is 0 Å². The first-order valence-corrected chi connectivity index (χ1v) is 6.71. The van der Waals surface area contributed by atoms with Crippen molar-refractivity contribution < 1.29 is 9.90 Å². The summed E-state index contributed by atoms with van der Waals surface area (Å²) < 4.78 is 0. The third-order valence-corrected chi connectivity index (χ3v) is 3.91. The Kier molecular flexibility index (Phi) is 3.60. The van der Waals surface area contributed by atoms with Gasteiger partial charge in [0.15, 0.2) is 0 Å². The van der Waals surface area contributed by atoms with E-state index in [0.717, 1.165) is 31.4 Å². The maximum Gasteiger partial charge on any atom is 0.311 e. The van der Waals surface area contributed by atoms with Gasteiger partial charge in [0, 0.05) is 12.2 Å². The number of hydrogen-bond donors (Lipinski definition) is 2. The van der Waals surface area contributed by atoms with Crippen LogP contribution in [0.3, 0.4) is 0 Å². The minimum absolute atomic E-state index is 0.508. The average molecular weight is 247 g/mol. The molecule has 1 saturated carbocycles. The van der Waals surface area contributed by atoms with Crippen LogP contribution in [0.25, 0.3) is 0 Å². The van der Waals surface area contributed by atoms with Crippen molar-refractivity contribution in [2.45, 2.75) is 39.5 Å². The molecule has 0 aromatic heterocycles. The largest absolute Gasteiger partial charge is 0.481 e. The summed E-state index contributed by atoms with van der Waals surface area (Å²) in [6.45, 7) is 4.81. The van der Waals surface area contributed by atoms with Gasteiger partial charge in [0.2, 0.25) is 0 Å². The lowest BCUT2D eigenvalue weighted by Crippen LogP contribution is -2.25. The molecule has 2 rings (SSSR count). The maximum atomic E-state index is 11.2. The van der Waals surface area contributed by atoms with Gasteiger partial charge in [0.1, 0.15) is 0 Å². The van der Waals surface area contributed by atoms with E-state index in [2.05, 4.69) is 37.4 Å². The molecule has 1 aromatic rings. The van der Waals surface area contributed by atoms with Crippen molar-refractivity contribution in [3.63, 3.8) is 0 Å². The predicted molar refractivity (Wildman–Crippen MR) is 73.0 cm³/mol. The molecule has 18 heavy (non-hydrogen) atoms. The molecule has 0 aliphatic heterocycles. The van der Waals surface area contributed by atoms with E-state index in [9.17, 15) is 9.90 Å². The summed E-state index contributed by atoms with van der Waals surface area (Å²) >= 11 is 0. The number of hydrogen-bond acceptors (Lipinski definition) is 2. The molecule has 0 amide bonds. The van der Waals surface area contributed by atoms with Crippen LogP contribution >= 0.6 is 0 Å². The van der Waals surface area contributed by atoms with E-state index < -0.39 is 11.4 Å². The number of anilines is 1. The number of carboxylic acid groups (broad SMARTS) is 1. The normalized spacial score (nSPS) is 16.3. The van der Waals surface area contributed by atoms with Crippen LogP contribution in [0.2, 0.25) is 0 Å². The molecule has 0 spiro atoms. The number of aryl methyl sites for hydroxylation is 2. The lowest BCUT2D eigenvalue weighted by Gasteiger charge is -2.18. The van der Waals surface area contributed by atoms with Crippen molar-refractivity contribution in [1.29, 1.82) is 0 Å². The first-order valence-electron chi connectivity index (χ1n) is 6.71. The zero-order valence-corrected chi connectivity index (χ0v) is 11.1. The number of aliphatic carboxylic acids is 1. The smallest absolute Gasteiger partial charge is 0.311 e. The highest BCUT2D eigenvalue weighted by Crippen LogP contribution is 2.46. The molecule has 1 aliphatic carbocycles. The van der Waals surface area contributed by atoms with Crippen molar-refractivity contribution in [1.82, 2.24) is 0 Å². The fourth-order valence-corrected chi connectivity index (χ4v) is 2.34. The number of carbonyl (C=O) groups is 1. The van der Waals surface area contributed by atoms with Crippen molar-refractivity contribution in [3.05, 3.63) is 29.3 Å². The molecule has 3 nitrogen and oxygen atoms in total. The van der Waals surface area contributed by atoms with Crippen LogP contribution < -0.4 is 5.32 Å². The lowest BCUT2D eigenvalue weighted by molar-refractivity contribution is -0.142. The molecule has 3 heteroatoms. The SMILES string of the molecule is CCc1cccc(CC)c1NCC1(C(=O)O)CC1. The Morgan fingerprint density at radius 3 is 2.22 bits per heavy atom. The first-order chi connectivity index (χ1) is 8.63. The van der Waals surface area contributed by atoms with E-state index in [1.165, 1.54) is 11.1 Å². The van der Waals surface area contributed by atoms with Crippen LogP contribution in [-0.2, 0) is 17.6 Å². The number of para-hydroxylation sites is 1. The average Bonchev–Trinajstić information content (AvgIpc) is 3.17. The van der Waals surface area contributed by atoms with E-state index >= 15 is 0 Å². The minimum Gasteiger partial charge on any atom is -0.481 e. The summed E-state index contributed by atoms with van der Waals surface area (Å²) in [7, 11) is 0. The van der Waals surface area contributed by atoms with Gasteiger partial charge in [-0.1, -0.05) is 32.0 Å². The van der Waals surface area contributed by atoms with E-state index in [-0.39, 0.29) is 0 Å². The summed E-state index contributed by atoms with van der Waals surface area (Å²) in [6, 6.07) is 6.30. The van der Waals surface area contributed by atoms with Crippen molar-refractivity contribution in [2.75, 3.05) is 11.9 Å². The molecule has 2 N–H and O–H groups in total. The quantitative estimate of drug-likeness (QED) is 0.812. The Bertz CT molecular complexity index is 428. The zero-order valence-electron chi connectivity index (χ0n) is 11.1. The van der Waals surface area contributed by atoms with Gasteiger partial charge in [-0.15, -0.1) is 0 Å². The monoisotopic (exact) mass is 247 g/mol. The molecule has 98 valence electrons. The molecule has 0 saturated heterocycles. The van der Waals surface area contributed by atoms with E-state index in [1.54, 1.807) is 0 Å². The van der Waals surface area contributed by atoms with Crippen LogP contribution in [0, 0.1) is 5.41 Å². The van der Waals surface area contributed by atoms with Gasteiger partial charge < -0.3 is 10.4 Å². The summed E-state index contributed by atoms with van der Waals surface area (Å²) in [5.74, 6) is -0.665. The molecule has 1 aliphatic rings. The summed E-state index contributed by atoms with van der Waals surface area (Å²) in [5, 5.41) is 12.6. The standard InChI is InChI=1S/C15H21NO2/c1-3-11-6-5-7-12(4-2)13(11)16-10-15(8-9-15)14(17)18/h5-7,16H,3-4,8-10H2,1-2H3,(H,17,18). The Morgan fingerprint density at radius 2 is 1.83 bits per heavy atom.